The molecule has 0 radical (unpaired) electrons. The number of aryl methyl sites for hydroxylation is 1. The molecule has 0 N–H and O–H groups in total. The van der Waals surface area contributed by atoms with Crippen molar-refractivity contribution in [2.45, 2.75) is 38.6 Å². The van der Waals surface area contributed by atoms with Crippen LogP contribution in [0, 0.1) is 6.92 Å². The number of nitrogens with zero attached hydrogens (tertiary/aromatic N) is 3. The molecule has 0 atom stereocenters. The molecule has 1 aromatic heterocycles. The Morgan fingerprint density at radius 3 is 2.50 bits per heavy atom. The molecule has 2 aromatic rings. The Kier molecular flexibility index (Phi) is 3.75. The van der Waals surface area contributed by atoms with Gasteiger partial charge < -0.3 is 4.90 Å². The van der Waals surface area contributed by atoms with Crippen LogP contribution >= 0.6 is 0 Å². The molecular formula is C19H25N3. The lowest BCUT2D eigenvalue weighted by Gasteiger charge is -2.39. The smallest absolute Gasteiger partial charge is 0.0726 e. The van der Waals surface area contributed by atoms with Gasteiger partial charge in [0.15, 0.2) is 0 Å². The molecule has 116 valence electrons. The number of benzene rings is 1. The van der Waals surface area contributed by atoms with Gasteiger partial charge in [-0.3, -0.25) is 9.88 Å². The highest BCUT2D eigenvalue weighted by Crippen LogP contribution is 2.29. The van der Waals surface area contributed by atoms with E-state index in [2.05, 4.69) is 52.0 Å². The fourth-order valence-electron chi connectivity index (χ4n) is 4.14. The lowest BCUT2D eigenvalue weighted by Crippen LogP contribution is -2.49. The Labute approximate surface area is 132 Å². The highest BCUT2D eigenvalue weighted by atomic mass is 15.3. The van der Waals surface area contributed by atoms with Gasteiger partial charge in [-0.1, -0.05) is 31.0 Å². The van der Waals surface area contributed by atoms with Gasteiger partial charge in [-0.25, -0.2) is 0 Å². The lowest BCUT2D eigenvalue weighted by atomic mass is 10.1. The molecule has 1 aliphatic heterocycles. The second-order valence-corrected chi connectivity index (χ2v) is 6.76. The van der Waals surface area contributed by atoms with Crippen molar-refractivity contribution in [3.8, 4) is 0 Å². The maximum absolute atomic E-state index is 4.67. The van der Waals surface area contributed by atoms with Crippen LogP contribution in [-0.4, -0.2) is 42.1 Å². The van der Waals surface area contributed by atoms with Crippen LogP contribution < -0.4 is 4.90 Å². The fraction of sp³-hybridized carbons (Fsp3) is 0.526. The summed E-state index contributed by atoms with van der Waals surface area (Å²) in [4.78, 5) is 9.95. The minimum Gasteiger partial charge on any atom is -0.368 e. The van der Waals surface area contributed by atoms with Crippen molar-refractivity contribution >= 4 is 16.6 Å². The van der Waals surface area contributed by atoms with E-state index in [0.717, 1.165) is 30.3 Å². The molecule has 0 unspecified atom stereocenters. The molecule has 1 aliphatic carbocycles. The third-order valence-electron chi connectivity index (χ3n) is 5.32. The number of piperazine rings is 1. The van der Waals surface area contributed by atoms with Crippen molar-refractivity contribution in [1.29, 1.82) is 0 Å². The second-order valence-electron chi connectivity index (χ2n) is 6.76. The van der Waals surface area contributed by atoms with Crippen LogP contribution in [0.15, 0.2) is 30.3 Å². The highest BCUT2D eigenvalue weighted by molar-refractivity contribution is 5.92. The van der Waals surface area contributed by atoms with Gasteiger partial charge in [-0.15, -0.1) is 0 Å². The van der Waals surface area contributed by atoms with Crippen molar-refractivity contribution in [2.24, 2.45) is 0 Å². The summed E-state index contributed by atoms with van der Waals surface area (Å²) >= 11 is 0. The van der Waals surface area contributed by atoms with Crippen LogP contribution in [0.25, 0.3) is 10.9 Å². The van der Waals surface area contributed by atoms with Gasteiger partial charge in [0.1, 0.15) is 0 Å². The van der Waals surface area contributed by atoms with E-state index in [1.165, 1.54) is 49.8 Å². The van der Waals surface area contributed by atoms with Gasteiger partial charge >= 0.3 is 0 Å². The Morgan fingerprint density at radius 2 is 1.73 bits per heavy atom. The van der Waals surface area contributed by atoms with Gasteiger partial charge in [0, 0.05) is 49.0 Å². The van der Waals surface area contributed by atoms with Crippen molar-refractivity contribution in [1.82, 2.24) is 9.88 Å². The van der Waals surface area contributed by atoms with E-state index in [0.29, 0.717) is 0 Å². The number of hydrogen-bond acceptors (Lipinski definition) is 3. The summed E-state index contributed by atoms with van der Waals surface area (Å²) in [5.41, 5.74) is 3.61. The summed E-state index contributed by atoms with van der Waals surface area (Å²) < 4.78 is 0. The van der Waals surface area contributed by atoms with Crippen molar-refractivity contribution < 1.29 is 0 Å². The Bertz CT molecular complexity index is 653. The summed E-state index contributed by atoms with van der Waals surface area (Å²) in [5, 5.41) is 1.29. The predicted molar refractivity (Wildman–Crippen MR) is 92.5 cm³/mol. The van der Waals surface area contributed by atoms with Gasteiger partial charge in [-0.05, 0) is 31.9 Å². The summed E-state index contributed by atoms with van der Waals surface area (Å²) in [5.74, 6) is 0. The maximum atomic E-state index is 4.67. The molecule has 2 aliphatic rings. The monoisotopic (exact) mass is 295 g/mol. The Morgan fingerprint density at radius 1 is 1.00 bits per heavy atom. The zero-order valence-electron chi connectivity index (χ0n) is 13.5. The standard InChI is InChI=1S/C19H25N3/c1-15-14-19(17-8-4-5-9-18(17)20-15)22-12-10-21(11-13-22)16-6-2-3-7-16/h4-5,8-9,14,16H,2-3,6-7,10-13H2,1H3. The Hall–Kier alpha value is -1.61. The molecule has 0 amide bonds. The molecule has 3 nitrogen and oxygen atoms in total. The molecule has 1 saturated heterocycles. The largest absolute Gasteiger partial charge is 0.368 e. The second kappa shape index (κ2) is 5.88. The van der Waals surface area contributed by atoms with Gasteiger partial charge in [-0.2, -0.15) is 0 Å². The SMILES string of the molecule is Cc1cc(N2CCN(C3CCCC3)CC2)c2ccccc2n1. The van der Waals surface area contributed by atoms with Crippen molar-refractivity contribution in [3.63, 3.8) is 0 Å². The van der Waals surface area contributed by atoms with Gasteiger partial charge in [0.2, 0.25) is 0 Å². The minimum absolute atomic E-state index is 0.859. The number of fused-ring (bicyclic) bond motifs is 1. The lowest BCUT2D eigenvalue weighted by molar-refractivity contribution is 0.187. The summed E-state index contributed by atoms with van der Waals surface area (Å²) in [6, 6.07) is 11.7. The quantitative estimate of drug-likeness (QED) is 0.844. The number of para-hydroxylation sites is 1. The zero-order chi connectivity index (χ0) is 14.9. The number of aromatic nitrogens is 1. The number of hydrogen-bond donors (Lipinski definition) is 0. The normalized spacial score (nSPS) is 20.9. The van der Waals surface area contributed by atoms with Crippen molar-refractivity contribution in [3.05, 3.63) is 36.0 Å². The first-order valence-corrected chi connectivity index (χ1v) is 8.67. The van der Waals surface area contributed by atoms with Crippen LogP contribution in [0.2, 0.25) is 0 Å². The summed E-state index contributed by atoms with van der Waals surface area (Å²) in [6.45, 7) is 6.80. The maximum Gasteiger partial charge on any atom is 0.0726 e. The number of anilines is 1. The topological polar surface area (TPSA) is 19.4 Å². The molecule has 0 bridgehead atoms. The molecule has 4 rings (SSSR count). The molecule has 2 heterocycles. The van der Waals surface area contributed by atoms with Crippen LogP contribution in [0.1, 0.15) is 31.4 Å². The van der Waals surface area contributed by atoms with Crippen LogP contribution in [0.3, 0.4) is 0 Å². The minimum atomic E-state index is 0.859. The highest BCUT2D eigenvalue weighted by Gasteiger charge is 2.26. The van der Waals surface area contributed by atoms with Crippen LogP contribution in [0.5, 0.6) is 0 Å². The molecule has 3 heteroatoms. The van der Waals surface area contributed by atoms with E-state index >= 15 is 0 Å². The fourth-order valence-corrected chi connectivity index (χ4v) is 4.14. The summed E-state index contributed by atoms with van der Waals surface area (Å²) in [7, 11) is 0. The van der Waals surface area contributed by atoms with Gasteiger partial charge in [0.25, 0.3) is 0 Å². The van der Waals surface area contributed by atoms with E-state index in [1.807, 2.05) is 0 Å². The zero-order valence-corrected chi connectivity index (χ0v) is 13.5. The van der Waals surface area contributed by atoms with E-state index in [4.69, 9.17) is 0 Å². The molecule has 1 aromatic carbocycles. The molecule has 22 heavy (non-hydrogen) atoms. The van der Waals surface area contributed by atoms with E-state index < -0.39 is 0 Å². The van der Waals surface area contributed by atoms with Crippen LogP contribution in [-0.2, 0) is 0 Å². The van der Waals surface area contributed by atoms with Crippen molar-refractivity contribution in [2.75, 3.05) is 31.1 Å². The first kappa shape index (κ1) is 14.0. The summed E-state index contributed by atoms with van der Waals surface area (Å²) in [6.07, 6.45) is 5.69. The Balaban J connectivity index is 1.56. The molecular weight excluding hydrogens is 270 g/mol. The number of rotatable bonds is 2. The molecule has 0 spiro atoms. The average molecular weight is 295 g/mol. The third-order valence-corrected chi connectivity index (χ3v) is 5.32. The van der Waals surface area contributed by atoms with E-state index in [-0.39, 0.29) is 0 Å². The average Bonchev–Trinajstić information content (AvgIpc) is 3.09. The predicted octanol–water partition coefficient (Wildman–Crippen LogP) is 3.61. The third kappa shape index (κ3) is 2.58. The number of pyridine rings is 1. The van der Waals surface area contributed by atoms with E-state index in [1.54, 1.807) is 0 Å². The van der Waals surface area contributed by atoms with Crippen LogP contribution in [0.4, 0.5) is 5.69 Å². The van der Waals surface area contributed by atoms with E-state index in [9.17, 15) is 0 Å². The van der Waals surface area contributed by atoms with Gasteiger partial charge in [0.05, 0.1) is 5.52 Å². The first-order valence-electron chi connectivity index (χ1n) is 8.67. The molecule has 1 saturated carbocycles. The molecule has 2 fully saturated rings. The first-order chi connectivity index (χ1) is 10.8.